The number of hydrogen-bond donors (Lipinski definition) is 2. The number of nitrogens with one attached hydrogen (secondary N) is 1. The molecule has 5 heteroatoms. The average molecular weight is 252 g/mol. The molecule has 0 aromatic carbocycles. The minimum atomic E-state index is -0.0435. The molecule has 0 bridgehead atoms. The largest absolute Gasteiger partial charge is 0.371 e. The summed E-state index contributed by atoms with van der Waals surface area (Å²) in [6, 6.07) is 0. The van der Waals surface area contributed by atoms with Gasteiger partial charge in [-0.15, -0.1) is 0 Å². The molecular weight excluding hydrogens is 228 g/mol. The van der Waals surface area contributed by atoms with Crippen LogP contribution in [-0.2, 0) is 11.2 Å². The zero-order chi connectivity index (χ0) is 13.5. The van der Waals surface area contributed by atoms with Gasteiger partial charge >= 0.3 is 0 Å². The summed E-state index contributed by atoms with van der Waals surface area (Å²) in [6.45, 7) is 8.83. The van der Waals surface area contributed by atoms with Gasteiger partial charge in [-0.2, -0.15) is 0 Å². The molecule has 18 heavy (non-hydrogen) atoms. The molecule has 1 rings (SSSR count). The highest BCUT2D eigenvalue weighted by Gasteiger charge is 2.17. The number of hydrazine groups is 1. The molecule has 0 saturated heterocycles. The van der Waals surface area contributed by atoms with Crippen LogP contribution in [0, 0.1) is 6.92 Å². The summed E-state index contributed by atoms with van der Waals surface area (Å²) in [5.74, 6) is 6.93. The molecule has 0 amide bonds. The maximum atomic E-state index is 5.71. The van der Waals surface area contributed by atoms with Crippen LogP contribution in [0.3, 0.4) is 0 Å². The Morgan fingerprint density at radius 3 is 2.50 bits per heavy atom. The number of aromatic nitrogens is 2. The quantitative estimate of drug-likeness (QED) is 0.576. The molecule has 0 radical (unpaired) electrons. The summed E-state index contributed by atoms with van der Waals surface area (Å²) in [5.41, 5.74) is 4.67. The summed E-state index contributed by atoms with van der Waals surface area (Å²) in [7, 11) is 0. The van der Waals surface area contributed by atoms with E-state index in [1.54, 1.807) is 0 Å². The van der Waals surface area contributed by atoms with Crippen LogP contribution in [0.5, 0.6) is 0 Å². The molecule has 1 unspecified atom stereocenters. The SMILES string of the molecule is CCCC(OCC)c1nc(CC)c(C)c(NN)n1. The highest BCUT2D eigenvalue weighted by molar-refractivity contribution is 5.44. The van der Waals surface area contributed by atoms with Gasteiger partial charge in [0.25, 0.3) is 0 Å². The van der Waals surface area contributed by atoms with Crippen molar-refractivity contribution in [3.8, 4) is 0 Å². The third-order valence-corrected chi connectivity index (χ3v) is 2.94. The van der Waals surface area contributed by atoms with Crippen molar-refractivity contribution in [2.45, 2.75) is 53.1 Å². The van der Waals surface area contributed by atoms with E-state index in [4.69, 9.17) is 10.6 Å². The van der Waals surface area contributed by atoms with Crippen LogP contribution in [0.15, 0.2) is 0 Å². The average Bonchev–Trinajstić information content (AvgIpc) is 2.39. The number of nitrogens with two attached hydrogens (primary N) is 1. The van der Waals surface area contributed by atoms with E-state index in [-0.39, 0.29) is 6.10 Å². The van der Waals surface area contributed by atoms with Gasteiger partial charge in [-0.05, 0) is 26.7 Å². The van der Waals surface area contributed by atoms with Gasteiger partial charge in [0.1, 0.15) is 11.9 Å². The van der Waals surface area contributed by atoms with Crippen molar-refractivity contribution in [1.82, 2.24) is 9.97 Å². The fourth-order valence-electron chi connectivity index (χ4n) is 1.96. The first-order valence-corrected chi connectivity index (χ1v) is 6.63. The van der Waals surface area contributed by atoms with Crippen LogP contribution in [-0.4, -0.2) is 16.6 Å². The predicted octanol–water partition coefficient (Wildman–Crippen LogP) is 2.51. The van der Waals surface area contributed by atoms with Crippen molar-refractivity contribution in [3.63, 3.8) is 0 Å². The van der Waals surface area contributed by atoms with E-state index in [1.165, 1.54) is 0 Å². The fraction of sp³-hybridized carbons (Fsp3) is 0.692. The second-order valence-electron chi connectivity index (χ2n) is 4.23. The van der Waals surface area contributed by atoms with E-state index in [0.29, 0.717) is 12.4 Å². The number of nitrogens with zero attached hydrogens (tertiary/aromatic N) is 2. The van der Waals surface area contributed by atoms with E-state index < -0.39 is 0 Å². The minimum Gasteiger partial charge on any atom is -0.371 e. The standard InChI is InChI=1S/C13H24N4O/c1-5-8-11(18-7-3)13-15-10(6-2)9(4)12(16-13)17-14/h11H,5-8,14H2,1-4H3,(H,15,16,17). The molecule has 0 fully saturated rings. The normalized spacial score (nSPS) is 12.5. The second-order valence-corrected chi connectivity index (χ2v) is 4.23. The van der Waals surface area contributed by atoms with Crippen molar-refractivity contribution < 1.29 is 4.74 Å². The zero-order valence-electron chi connectivity index (χ0n) is 11.8. The van der Waals surface area contributed by atoms with E-state index in [0.717, 1.165) is 36.3 Å². The Kier molecular flexibility index (Phi) is 6.01. The Bertz CT molecular complexity index is 350. The molecule has 0 saturated carbocycles. The molecular formula is C13H24N4O. The molecule has 5 nitrogen and oxygen atoms in total. The molecule has 1 heterocycles. The third kappa shape index (κ3) is 3.40. The van der Waals surface area contributed by atoms with Crippen LogP contribution in [0.2, 0.25) is 0 Å². The lowest BCUT2D eigenvalue weighted by molar-refractivity contribution is 0.0493. The Hall–Kier alpha value is -1.20. The second kappa shape index (κ2) is 7.28. The first-order valence-electron chi connectivity index (χ1n) is 6.63. The predicted molar refractivity (Wildman–Crippen MR) is 73.2 cm³/mol. The summed E-state index contributed by atoms with van der Waals surface area (Å²) < 4.78 is 5.71. The van der Waals surface area contributed by atoms with Crippen LogP contribution in [0.1, 0.15) is 56.8 Å². The maximum absolute atomic E-state index is 5.71. The van der Waals surface area contributed by atoms with Crippen molar-refractivity contribution in [2.24, 2.45) is 5.84 Å². The minimum absolute atomic E-state index is 0.0435. The van der Waals surface area contributed by atoms with Crippen LogP contribution < -0.4 is 11.3 Å². The lowest BCUT2D eigenvalue weighted by Crippen LogP contribution is -2.17. The first-order chi connectivity index (χ1) is 8.67. The van der Waals surface area contributed by atoms with Crippen LogP contribution in [0.25, 0.3) is 0 Å². The molecule has 0 aliphatic rings. The maximum Gasteiger partial charge on any atom is 0.159 e. The number of nitrogen functional groups attached to an aromatic ring is 1. The first kappa shape index (κ1) is 14.9. The van der Waals surface area contributed by atoms with E-state index in [2.05, 4.69) is 29.2 Å². The van der Waals surface area contributed by atoms with Gasteiger partial charge in [-0.1, -0.05) is 20.3 Å². The van der Waals surface area contributed by atoms with Crippen LogP contribution in [0.4, 0.5) is 5.82 Å². The zero-order valence-corrected chi connectivity index (χ0v) is 11.8. The number of rotatable bonds is 7. The van der Waals surface area contributed by atoms with Crippen molar-refractivity contribution in [1.29, 1.82) is 0 Å². The van der Waals surface area contributed by atoms with Gasteiger partial charge in [-0.3, -0.25) is 0 Å². The summed E-state index contributed by atoms with van der Waals surface area (Å²) in [6.07, 6.45) is 2.78. The van der Waals surface area contributed by atoms with E-state index >= 15 is 0 Å². The Balaban J connectivity index is 3.13. The monoisotopic (exact) mass is 252 g/mol. The van der Waals surface area contributed by atoms with Crippen molar-refractivity contribution in [2.75, 3.05) is 12.0 Å². The molecule has 0 aliphatic carbocycles. The molecule has 0 spiro atoms. The molecule has 0 aliphatic heterocycles. The van der Waals surface area contributed by atoms with Gasteiger partial charge < -0.3 is 10.2 Å². The number of ether oxygens (including phenoxy) is 1. The Morgan fingerprint density at radius 2 is 2.00 bits per heavy atom. The third-order valence-electron chi connectivity index (χ3n) is 2.94. The highest BCUT2D eigenvalue weighted by Crippen LogP contribution is 2.23. The highest BCUT2D eigenvalue weighted by atomic mass is 16.5. The van der Waals surface area contributed by atoms with Crippen molar-refractivity contribution >= 4 is 5.82 Å². The van der Waals surface area contributed by atoms with Gasteiger partial charge in [0.2, 0.25) is 0 Å². The molecule has 1 aromatic heterocycles. The number of aryl methyl sites for hydroxylation is 1. The summed E-state index contributed by atoms with van der Waals surface area (Å²) in [5, 5.41) is 0. The topological polar surface area (TPSA) is 73.1 Å². The van der Waals surface area contributed by atoms with E-state index in [9.17, 15) is 0 Å². The smallest absolute Gasteiger partial charge is 0.159 e. The van der Waals surface area contributed by atoms with Gasteiger partial charge in [0.15, 0.2) is 5.82 Å². The molecule has 102 valence electrons. The summed E-state index contributed by atoms with van der Waals surface area (Å²) >= 11 is 0. The van der Waals surface area contributed by atoms with Gasteiger partial charge in [0.05, 0.1) is 0 Å². The van der Waals surface area contributed by atoms with Gasteiger partial charge in [-0.25, -0.2) is 15.8 Å². The van der Waals surface area contributed by atoms with Gasteiger partial charge in [0, 0.05) is 17.9 Å². The Morgan fingerprint density at radius 1 is 1.28 bits per heavy atom. The summed E-state index contributed by atoms with van der Waals surface area (Å²) in [4.78, 5) is 9.07. The fourth-order valence-corrected chi connectivity index (χ4v) is 1.96. The van der Waals surface area contributed by atoms with Crippen LogP contribution >= 0.6 is 0 Å². The van der Waals surface area contributed by atoms with E-state index in [1.807, 2.05) is 13.8 Å². The number of anilines is 1. The molecule has 1 aromatic rings. The molecule has 1 atom stereocenters. The lowest BCUT2D eigenvalue weighted by atomic mass is 10.1. The molecule has 3 N–H and O–H groups in total. The number of hydrogen-bond acceptors (Lipinski definition) is 5. The lowest BCUT2D eigenvalue weighted by Gasteiger charge is -2.18. The Labute approximate surface area is 109 Å². The van der Waals surface area contributed by atoms with Crippen molar-refractivity contribution in [3.05, 3.63) is 17.1 Å².